The molecule has 0 aliphatic carbocycles. The molecular formula is C16H14ClN3O4. The Morgan fingerprint density at radius 2 is 1.96 bits per heavy atom. The highest BCUT2D eigenvalue weighted by molar-refractivity contribution is 6.31. The van der Waals surface area contributed by atoms with Crippen LogP contribution in [0.4, 0.5) is 5.82 Å². The molecule has 3 rings (SSSR count). The molecule has 0 saturated carbocycles. The number of carbonyl (C=O) groups is 1. The molecule has 3 N–H and O–H groups in total. The maximum absolute atomic E-state index is 12.4. The van der Waals surface area contributed by atoms with Crippen LogP contribution in [0.5, 0.6) is 0 Å². The topological polar surface area (TPSA) is 104 Å². The number of ether oxygens (including phenoxy) is 1. The van der Waals surface area contributed by atoms with Gasteiger partial charge in [0, 0.05) is 16.6 Å². The number of halogens is 1. The van der Waals surface area contributed by atoms with Crippen LogP contribution in [0.15, 0.2) is 46.1 Å². The smallest absolute Gasteiger partial charge is 0.327 e. The van der Waals surface area contributed by atoms with Crippen molar-refractivity contribution in [2.45, 2.75) is 5.92 Å². The molecule has 24 heavy (non-hydrogen) atoms. The number of nitrogens with one attached hydrogen (secondary N) is 3. The van der Waals surface area contributed by atoms with E-state index in [-0.39, 0.29) is 11.4 Å². The molecular weight excluding hydrogens is 334 g/mol. The predicted octanol–water partition coefficient (Wildman–Crippen LogP) is 1.58. The summed E-state index contributed by atoms with van der Waals surface area (Å²) in [5.74, 6) is -1.97. The Balaban J connectivity index is 2.33. The van der Waals surface area contributed by atoms with E-state index in [0.717, 1.165) is 0 Å². The fraction of sp³-hybridized carbons (Fsp3) is 0.188. The van der Waals surface area contributed by atoms with Crippen molar-refractivity contribution in [2.75, 3.05) is 12.4 Å². The minimum Gasteiger partial charge on any atom is -0.468 e. The first kappa shape index (κ1) is 16.1. The van der Waals surface area contributed by atoms with Gasteiger partial charge in [-0.15, -0.1) is 0 Å². The highest BCUT2D eigenvalue weighted by Gasteiger charge is 2.42. The van der Waals surface area contributed by atoms with Crippen LogP contribution >= 0.6 is 11.6 Å². The van der Waals surface area contributed by atoms with Crippen LogP contribution in [0.1, 0.15) is 17.0 Å². The molecule has 0 spiro atoms. The summed E-state index contributed by atoms with van der Waals surface area (Å²) < 4.78 is 4.86. The molecule has 0 fully saturated rings. The van der Waals surface area contributed by atoms with Crippen LogP contribution in [-0.2, 0) is 9.53 Å². The van der Waals surface area contributed by atoms with Gasteiger partial charge in [-0.05, 0) is 11.6 Å². The number of carbonyl (C=O) groups excluding carboxylic acids is 1. The highest BCUT2D eigenvalue weighted by Crippen LogP contribution is 2.43. The van der Waals surface area contributed by atoms with Gasteiger partial charge in [-0.2, -0.15) is 0 Å². The van der Waals surface area contributed by atoms with Crippen LogP contribution < -0.4 is 16.6 Å². The lowest BCUT2D eigenvalue weighted by atomic mass is 9.77. The summed E-state index contributed by atoms with van der Waals surface area (Å²) in [6, 6.07) is 6.87. The fourth-order valence-corrected chi connectivity index (χ4v) is 3.22. The molecule has 1 aromatic heterocycles. The van der Waals surface area contributed by atoms with Gasteiger partial charge in [0.25, 0.3) is 5.56 Å². The number of aromatic amines is 2. The minimum absolute atomic E-state index is 0.193. The van der Waals surface area contributed by atoms with Gasteiger partial charge in [0.15, 0.2) is 0 Å². The second-order valence-corrected chi connectivity index (χ2v) is 5.75. The largest absolute Gasteiger partial charge is 0.468 e. The number of methoxy groups -OCH3 is 1. The molecule has 7 nitrogen and oxygen atoms in total. The van der Waals surface area contributed by atoms with Crippen molar-refractivity contribution < 1.29 is 9.53 Å². The zero-order valence-electron chi connectivity index (χ0n) is 12.7. The molecule has 2 atom stereocenters. The van der Waals surface area contributed by atoms with Crippen molar-refractivity contribution in [3.05, 3.63) is 73.5 Å². The van der Waals surface area contributed by atoms with Crippen LogP contribution in [0, 0.1) is 5.92 Å². The molecule has 2 heterocycles. The van der Waals surface area contributed by atoms with Crippen molar-refractivity contribution in [1.82, 2.24) is 9.97 Å². The Bertz CT molecular complexity index is 947. The van der Waals surface area contributed by atoms with E-state index in [0.29, 0.717) is 16.3 Å². The Morgan fingerprint density at radius 1 is 1.25 bits per heavy atom. The van der Waals surface area contributed by atoms with E-state index >= 15 is 0 Å². The van der Waals surface area contributed by atoms with Crippen molar-refractivity contribution in [3.8, 4) is 0 Å². The average Bonchev–Trinajstić information content (AvgIpc) is 2.53. The van der Waals surface area contributed by atoms with Crippen LogP contribution in [0.25, 0.3) is 0 Å². The third-order valence-corrected chi connectivity index (χ3v) is 4.32. The van der Waals surface area contributed by atoms with E-state index in [1.165, 1.54) is 7.11 Å². The zero-order chi connectivity index (χ0) is 17.4. The second-order valence-electron chi connectivity index (χ2n) is 5.35. The highest BCUT2D eigenvalue weighted by atomic mass is 35.5. The van der Waals surface area contributed by atoms with E-state index in [1.807, 2.05) is 0 Å². The summed E-state index contributed by atoms with van der Waals surface area (Å²) in [6.45, 7) is 3.84. The van der Waals surface area contributed by atoms with Crippen LogP contribution in [0.3, 0.4) is 0 Å². The van der Waals surface area contributed by atoms with Gasteiger partial charge >= 0.3 is 11.7 Å². The lowest BCUT2D eigenvalue weighted by molar-refractivity contribution is -0.144. The minimum atomic E-state index is -0.866. The monoisotopic (exact) mass is 347 g/mol. The Kier molecular flexibility index (Phi) is 4.02. The molecule has 0 unspecified atom stereocenters. The normalized spacial score (nSPS) is 19.3. The van der Waals surface area contributed by atoms with Gasteiger partial charge in [-0.25, -0.2) is 4.79 Å². The van der Waals surface area contributed by atoms with E-state index in [4.69, 9.17) is 16.3 Å². The molecule has 2 aromatic rings. The summed E-state index contributed by atoms with van der Waals surface area (Å²) >= 11 is 6.28. The van der Waals surface area contributed by atoms with Crippen LogP contribution in [0.2, 0.25) is 5.02 Å². The molecule has 0 amide bonds. The second kappa shape index (κ2) is 6.01. The first-order chi connectivity index (χ1) is 11.4. The first-order valence-corrected chi connectivity index (χ1v) is 7.46. The van der Waals surface area contributed by atoms with Crippen molar-refractivity contribution >= 4 is 23.4 Å². The molecule has 1 aromatic carbocycles. The van der Waals surface area contributed by atoms with Crippen molar-refractivity contribution in [1.29, 1.82) is 0 Å². The summed E-state index contributed by atoms with van der Waals surface area (Å²) in [4.78, 5) is 41.0. The SMILES string of the molecule is C=C1Nc2[nH]c(=O)[nH]c(=O)c2[C@@H](c2ccccc2Cl)[C@H]1C(=O)OC. The molecule has 0 saturated heterocycles. The van der Waals surface area contributed by atoms with Gasteiger partial charge in [-0.1, -0.05) is 36.4 Å². The summed E-state index contributed by atoms with van der Waals surface area (Å²) in [5.41, 5.74) is -0.192. The number of fused-ring (bicyclic) bond motifs is 1. The molecule has 8 heteroatoms. The predicted molar refractivity (Wildman–Crippen MR) is 89.2 cm³/mol. The Labute approximate surface area is 141 Å². The van der Waals surface area contributed by atoms with Crippen LogP contribution in [-0.4, -0.2) is 23.0 Å². The summed E-state index contributed by atoms with van der Waals surface area (Å²) in [6.07, 6.45) is 0. The van der Waals surface area contributed by atoms with Gasteiger partial charge in [-0.3, -0.25) is 19.6 Å². The number of benzene rings is 1. The van der Waals surface area contributed by atoms with Crippen molar-refractivity contribution in [2.24, 2.45) is 5.92 Å². The number of rotatable bonds is 2. The molecule has 1 aliphatic rings. The van der Waals surface area contributed by atoms with Crippen molar-refractivity contribution in [3.63, 3.8) is 0 Å². The Hall–Kier alpha value is -2.80. The molecule has 1 aliphatic heterocycles. The number of hydrogen-bond donors (Lipinski definition) is 3. The molecule has 124 valence electrons. The summed E-state index contributed by atoms with van der Waals surface area (Å²) in [7, 11) is 1.26. The standard InChI is InChI=1S/C16H14ClN3O4/c1-7-10(15(22)24-2)11(8-5-3-4-6-9(8)17)12-13(18-7)19-16(23)20-14(12)21/h3-6,10-11H,1H2,2H3,(H3,18,19,20,21,23)/t10-,11-/m0/s1. The third-order valence-electron chi connectivity index (χ3n) is 3.98. The van der Waals surface area contributed by atoms with E-state index in [2.05, 4.69) is 21.9 Å². The van der Waals surface area contributed by atoms with E-state index < -0.39 is 29.1 Å². The molecule has 0 bridgehead atoms. The quantitative estimate of drug-likeness (QED) is 0.715. The first-order valence-electron chi connectivity index (χ1n) is 7.08. The fourth-order valence-electron chi connectivity index (χ4n) is 2.97. The lowest BCUT2D eigenvalue weighted by Crippen LogP contribution is -2.40. The summed E-state index contributed by atoms with van der Waals surface area (Å²) in [5, 5.41) is 3.20. The van der Waals surface area contributed by atoms with Gasteiger partial charge in [0.1, 0.15) is 11.7 Å². The number of hydrogen-bond acceptors (Lipinski definition) is 5. The lowest BCUT2D eigenvalue weighted by Gasteiger charge is -2.33. The zero-order valence-corrected chi connectivity index (χ0v) is 13.4. The van der Waals surface area contributed by atoms with E-state index in [1.54, 1.807) is 24.3 Å². The number of H-pyrrole nitrogens is 2. The van der Waals surface area contributed by atoms with Gasteiger partial charge < -0.3 is 10.1 Å². The molecule has 0 radical (unpaired) electrons. The number of aromatic nitrogens is 2. The third kappa shape index (κ3) is 2.52. The van der Waals surface area contributed by atoms with Gasteiger partial charge in [0.2, 0.25) is 0 Å². The number of anilines is 1. The maximum Gasteiger partial charge on any atom is 0.327 e. The Morgan fingerprint density at radius 3 is 2.62 bits per heavy atom. The average molecular weight is 348 g/mol. The van der Waals surface area contributed by atoms with Gasteiger partial charge in [0.05, 0.1) is 12.7 Å². The number of esters is 1. The van der Waals surface area contributed by atoms with E-state index in [9.17, 15) is 14.4 Å². The maximum atomic E-state index is 12.4.